The topological polar surface area (TPSA) is 26.3 Å². The van der Waals surface area contributed by atoms with Gasteiger partial charge in [0.2, 0.25) is 0 Å². The molecular formula is C10H11BrO2. The second-order valence-corrected chi connectivity index (χ2v) is 3.88. The molecule has 13 heavy (non-hydrogen) atoms. The van der Waals surface area contributed by atoms with Gasteiger partial charge in [-0.2, -0.15) is 0 Å². The van der Waals surface area contributed by atoms with Gasteiger partial charge in [-0.3, -0.25) is 0 Å². The summed E-state index contributed by atoms with van der Waals surface area (Å²) in [4.78, 5) is 11.4. The number of hydrogen-bond donors (Lipinski definition) is 0. The van der Waals surface area contributed by atoms with Gasteiger partial charge in [0, 0.05) is 4.47 Å². The highest BCUT2D eigenvalue weighted by Crippen LogP contribution is 2.12. The molecule has 0 aromatic heterocycles. The summed E-state index contributed by atoms with van der Waals surface area (Å²) in [5, 5.41) is 0. The molecule has 0 N–H and O–H groups in total. The maximum atomic E-state index is 11.4. The highest BCUT2D eigenvalue weighted by molar-refractivity contribution is 9.10. The highest BCUT2D eigenvalue weighted by Gasteiger charge is 2.08. The lowest BCUT2D eigenvalue weighted by atomic mass is 10.2. The molecule has 0 aliphatic rings. The third-order valence-electron chi connectivity index (χ3n) is 1.40. The van der Waals surface area contributed by atoms with Gasteiger partial charge in [-0.1, -0.05) is 22.0 Å². The van der Waals surface area contributed by atoms with Crippen molar-refractivity contribution < 1.29 is 9.53 Å². The first-order valence-corrected chi connectivity index (χ1v) is 4.85. The van der Waals surface area contributed by atoms with E-state index in [4.69, 9.17) is 4.74 Å². The smallest absolute Gasteiger partial charge is 0.338 e. The van der Waals surface area contributed by atoms with Crippen LogP contribution in [0.15, 0.2) is 28.7 Å². The lowest BCUT2D eigenvalue weighted by Gasteiger charge is -2.07. The highest BCUT2D eigenvalue weighted by atomic mass is 79.9. The number of ether oxygens (including phenoxy) is 1. The van der Waals surface area contributed by atoms with Gasteiger partial charge in [0.25, 0.3) is 0 Å². The van der Waals surface area contributed by atoms with Crippen LogP contribution in [0.2, 0.25) is 0 Å². The van der Waals surface area contributed by atoms with Crippen molar-refractivity contribution in [2.75, 3.05) is 0 Å². The Morgan fingerprint density at radius 3 is 2.69 bits per heavy atom. The van der Waals surface area contributed by atoms with E-state index in [1.807, 2.05) is 19.9 Å². The Labute approximate surface area is 86.0 Å². The fourth-order valence-corrected chi connectivity index (χ4v) is 1.30. The second kappa shape index (κ2) is 4.42. The fourth-order valence-electron chi connectivity index (χ4n) is 0.898. The minimum Gasteiger partial charge on any atom is -0.459 e. The molecule has 70 valence electrons. The molecule has 0 aliphatic carbocycles. The minimum atomic E-state index is -0.281. The maximum absolute atomic E-state index is 11.4. The number of carbonyl (C=O) groups is 1. The molecule has 0 amide bonds. The second-order valence-electron chi connectivity index (χ2n) is 2.96. The van der Waals surface area contributed by atoms with Crippen molar-refractivity contribution in [2.45, 2.75) is 20.0 Å². The van der Waals surface area contributed by atoms with E-state index < -0.39 is 0 Å². The summed E-state index contributed by atoms with van der Waals surface area (Å²) in [5.74, 6) is -0.281. The van der Waals surface area contributed by atoms with Crippen LogP contribution in [0, 0.1) is 0 Å². The first kappa shape index (κ1) is 10.3. The number of esters is 1. The molecule has 0 saturated heterocycles. The largest absolute Gasteiger partial charge is 0.459 e. The van der Waals surface area contributed by atoms with Gasteiger partial charge in [-0.15, -0.1) is 0 Å². The first-order chi connectivity index (χ1) is 6.09. The van der Waals surface area contributed by atoms with Crippen molar-refractivity contribution in [2.24, 2.45) is 0 Å². The van der Waals surface area contributed by atoms with Gasteiger partial charge in [0.1, 0.15) is 0 Å². The van der Waals surface area contributed by atoms with Gasteiger partial charge in [-0.05, 0) is 32.0 Å². The standard InChI is InChI=1S/C10H11BrO2/c1-7(2)13-10(12)8-4-3-5-9(11)6-8/h3-7H,1-2H3. The van der Waals surface area contributed by atoms with E-state index in [1.165, 1.54) is 0 Å². The van der Waals surface area contributed by atoms with Crippen molar-refractivity contribution in [3.05, 3.63) is 34.3 Å². The average molecular weight is 243 g/mol. The number of hydrogen-bond acceptors (Lipinski definition) is 2. The van der Waals surface area contributed by atoms with E-state index in [-0.39, 0.29) is 12.1 Å². The van der Waals surface area contributed by atoms with E-state index in [2.05, 4.69) is 15.9 Å². The Balaban J connectivity index is 2.77. The Kier molecular flexibility index (Phi) is 3.48. The molecule has 3 heteroatoms. The zero-order chi connectivity index (χ0) is 9.84. The van der Waals surface area contributed by atoms with Gasteiger partial charge >= 0.3 is 5.97 Å². The average Bonchev–Trinajstić information content (AvgIpc) is 2.03. The summed E-state index contributed by atoms with van der Waals surface area (Å²) in [5.41, 5.74) is 0.572. The molecule has 0 unspecified atom stereocenters. The van der Waals surface area contributed by atoms with Crippen LogP contribution in [0.4, 0.5) is 0 Å². The maximum Gasteiger partial charge on any atom is 0.338 e. The van der Waals surface area contributed by atoms with Crippen LogP contribution in [-0.4, -0.2) is 12.1 Å². The fraction of sp³-hybridized carbons (Fsp3) is 0.300. The molecule has 0 bridgehead atoms. The molecule has 0 radical (unpaired) electrons. The van der Waals surface area contributed by atoms with Crippen molar-refractivity contribution >= 4 is 21.9 Å². The molecule has 0 spiro atoms. The van der Waals surface area contributed by atoms with E-state index in [1.54, 1.807) is 18.2 Å². The predicted octanol–water partition coefficient (Wildman–Crippen LogP) is 3.01. The van der Waals surface area contributed by atoms with Gasteiger partial charge in [0.05, 0.1) is 11.7 Å². The van der Waals surface area contributed by atoms with Crippen LogP contribution in [-0.2, 0) is 4.74 Å². The van der Waals surface area contributed by atoms with Crippen molar-refractivity contribution in [3.8, 4) is 0 Å². The molecule has 0 aliphatic heterocycles. The summed E-state index contributed by atoms with van der Waals surface area (Å²) < 4.78 is 5.91. The quantitative estimate of drug-likeness (QED) is 0.746. The van der Waals surface area contributed by atoms with E-state index in [0.29, 0.717) is 5.56 Å². The van der Waals surface area contributed by atoms with Crippen LogP contribution in [0.5, 0.6) is 0 Å². The van der Waals surface area contributed by atoms with Gasteiger partial charge in [-0.25, -0.2) is 4.79 Å². The zero-order valence-corrected chi connectivity index (χ0v) is 9.17. The van der Waals surface area contributed by atoms with Crippen molar-refractivity contribution in [3.63, 3.8) is 0 Å². The lowest BCUT2D eigenvalue weighted by Crippen LogP contribution is -2.11. The number of carbonyl (C=O) groups excluding carboxylic acids is 1. The third-order valence-corrected chi connectivity index (χ3v) is 1.90. The SMILES string of the molecule is CC(C)OC(=O)c1cccc(Br)c1. The summed E-state index contributed by atoms with van der Waals surface area (Å²) in [7, 11) is 0. The molecule has 1 rings (SSSR count). The Bertz CT molecular complexity index is 308. The molecule has 2 nitrogen and oxygen atoms in total. The molecule has 1 aromatic carbocycles. The van der Waals surface area contributed by atoms with E-state index >= 15 is 0 Å². The Hall–Kier alpha value is -0.830. The number of halogens is 1. The van der Waals surface area contributed by atoms with Gasteiger partial charge < -0.3 is 4.74 Å². The monoisotopic (exact) mass is 242 g/mol. The molecule has 1 aromatic rings. The molecule has 0 saturated carbocycles. The molecular weight excluding hydrogens is 232 g/mol. The summed E-state index contributed by atoms with van der Waals surface area (Å²) >= 11 is 3.29. The third kappa shape index (κ3) is 3.19. The molecule has 0 fully saturated rings. The van der Waals surface area contributed by atoms with Crippen LogP contribution >= 0.6 is 15.9 Å². The lowest BCUT2D eigenvalue weighted by molar-refractivity contribution is 0.0378. The number of benzene rings is 1. The summed E-state index contributed by atoms with van der Waals surface area (Å²) in [6, 6.07) is 7.15. The van der Waals surface area contributed by atoms with Crippen LogP contribution < -0.4 is 0 Å². The van der Waals surface area contributed by atoms with Crippen molar-refractivity contribution in [1.82, 2.24) is 0 Å². The van der Waals surface area contributed by atoms with Crippen LogP contribution in [0.3, 0.4) is 0 Å². The zero-order valence-electron chi connectivity index (χ0n) is 7.58. The van der Waals surface area contributed by atoms with Crippen molar-refractivity contribution in [1.29, 1.82) is 0 Å². The predicted molar refractivity (Wildman–Crippen MR) is 54.7 cm³/mol. The molecule has 0 atom stereocenters. The molecule has 0 heterocycles. The summed E-state index contributed by atoms with van der Waals surface area (Å²) in [6.07, 6.45) is -0.0773. The van der Waals surface area contributed by atoms with Crippen LogP contribution in [0.25, 0.3) is 0 Å². The van der Waals surface area contributed by atoms with Crippen LogP contribution in [0.1, 0.15) is 24.2 Å². The Morgan fingerprint density at radius 1 is 1.46 bits per heavy atom. The summed E-state index contributed by atoms with van der Waals surface area (Å²) in [6.45, 7) is 3.66. The Morgan fingerprint density at radius 2 is 2.15 bits per heavy atom. The first-order valence-electron chi connectivity index (χ1n) is 4.06. The van der Waals surface area contributed by atoms with Gasteiger partial charge in [0.15, 0.2) is 0 Å². The minimum absolute atomic E-state index is 0.0773. The van der Waals surface area contributed by atoms with E-state index in [9.17, 15) is 4.79 Å². The number of rotatable bonds is 2. The normalized spacial score (nSPS) is 10.2. The van der Waals surface area contributed by atoms with E-state index in [0.717, 1.165) is 4.47 Å².